The lowest BCUT2D eigenvalue weighted by Gasteiger charge is -2.11. The van der Waals surface area contributed by atoms with Gasteiger partial charge in [-0.1, -0.05) is 13.0 Å². The molecule has 0 bridgehead atoms. The molecule has 0 aliphatic carbocycles. The number of ether oxygens (including phenoxy) is 2. The fraction of sp³-hybridized carbons (Fsp3) is 0.429. The van der Waals surface area contributed by atoms with Gasteiger partial charge in [-0.2, -0.15) is 0 Å². The minimum Gasteiger partial charge on any atom is -0.493 e. The highest BCUT2D eigenvalue weighted by atomic mass is 16.5. The van der Waals surface area contributed by atoms with Crippen molar-refractivity contribution in [1.29, 1.82) is 0 Å². The molecular formula is C14H19NO2. The summed E-state index contributed by atoms with van der Waals surface area (Å²) in [7, 11) is 1.63. The highest BCUT2D eigenvalue weighted by Gasteiger charge is 2.05. The van der Waals surface area contributed by atoms with Crippen molar-refractivity contribution < 1.29 is 9.47 Å². The molecule has 17 heavy (non-hydrogen) atoms. The summed E-state index contributed by atoms with van der Waals surface area (Å²) in [5, 5.41) is 3.27. The first-order chi connectivity index (χ1) is 8.31. The zero-order valence-electron chi connectivity index (χ0n) is 10.5. The molecule has 3 nitrogen and oxygen atoms in total. The van der Waals surface area contributed by atoms with Crippen molar-refractivity contribution in [3.8, 4) is 23.8 Å². The molecule has 0 atom stereocenters. The smallest absolute Gasteiger partial charge is 0.161 e. The van der Waals surface area contributed by atoms with E-state index in [2.05, 4.69) is 18.2 Å². The molecule has 0 aliphatic rings. The Labute approximate surface area is 103 Å². The third kappa shape index (κ3) is 4.38. The highest BCUT2D eigenvalue weighted by Crippen LogP contribution is 2.28. The first-order valence-electron chi connectivity index (χ1n) is 5.75. The van der Waals surface area contributed by atoms with Crippen molar-refractivity contribution in [3.63, 3.8) is 0 Å². The number of hydrogen-bond acceptors (Lipinski definition) is 3. The summed E-state index contributed by atoms with van der Waals surface area (Å²) in [6.07, 6.45) is 5.79. The van der Waals surface area contributed by atoms with E-state index in [4.69, 9.17) is 15.9 Å². The molecule has 1 rings (SSSR count). The van der Waals surface area contributed by atoms with E-state index >= 15 is 0 Å². The molecule has 0 aromatic heterocycles. The van der Waals surface area contributed by atoms with Gasteiger partial charge in [-0.25, -0.2) is 0 Å². The van der Waals surface area contributed by atoms with Gasteiger partial charge in [0.05, 0.1) is 13.7 Å². The number of benzene rings is 1. The number of hydrogen-bond donors (Lipinski definition) is 1. The number of rotatable bonds is 7. The van der Waals surface area contributed by atoms with E-state index in [0.717, 1.165) is 24.6 Å². The maximum absolute atomic E-state index is 5.59. The van der Waals surface area contributed by atoms with Crippen LogP contribution in [0.2, 0.25) is 0 Å². The van der Waals surface area contributed by atoms with Crippen LogP contribution in [0.25, 0.3) is 0 Å². The molecule has 1 N–H and O–H groups in total. The first kappa shape index (κ1) is 13.4. The number of nitrogens with one attached hydrogen (secondary N) is 1. The van der Waals surface area contributed by atoms with Gasteiger partial charge < -0.3 is 14.8 Å². The van der Waals surface area contributed by atoms with Crippen LogP contribution in [0.15, 0.2) is 18.2 Å². The Morgan fingerprint density at radius 2 is 2.18 bits per heavy atom. The third-order valence-corrected chi connectivity index (χ3v) is 2.31. The molecule has 0 fully saturated rings. The maximum atomic E-state index is 5.59. The van der Waals surface area contributed by atoms with Crippen molar-refractivity contribution in [2.75, 3.05) is 20.3 Å². The lowest BCUT2D eigenvalue weighted by atomic mass is 10.2. The predicted octanol–water partition coefficient (Wildman–Crippen LogP) is 2.21. The molecule has 0 amide bonds. The van der Waals surface area contributed by atoms with Crippen LogP contribution in [-0.4, -0.2) is 20.3 Å². The van der Waals surface area contributed by atoms with Gasteiger partial charge in [-0.3, -0.25) is 0 Å². The fourth-order valence-corrected chi connectivity index (χ4v) is 1.43. The fourth-order valence-electron chi connectivity index (χ4n) is 1.43. The van der Waals surface area contributed by atoms with Crippen LogP contribution in [-0.2, 0) is 6.54 Å². The Balaban J connectivity index is 2.72. The van der Waals surface area contributed by atoms with Crippen LogP contribution in [0, 0.1) is 12.3 Å². The van der Waals surface area contributed by atoms with E-state index in [0.29, 0.717) is 13.0 Å². The minimum atomic E-state index is 0.511. The molecule has 0 heterocycles. The SMILES string of the molecule is C#CCCOc1cc(CNCC)ccc1OC. The zero-order valence-corrected chi connectivity index (χ0v) is 10.5. The lowest BCUT2D eigenvalue weighted by Crippen LogP contribution is -2.11. The standard InChI is InChI=1S/C14H19NO2/c1-4-6-9-17-14-10-12(11-15-5-2)7-8-13(14)16-3/h1,7-8,10,15H,5-6,9,11H2,2-3H3. The van der Waals surface area contributed by atoms with Crippen LogP contribution < -0.4 is 14.8 Å². The average Bonchev–Trinajstić information content (AvgIpc) is 2.37. The van der Waals surface area contributed by atoms with Crippen LogP contribution in [0.5, 0.6) is 11.5 Å². The van der Waals surface area contributed by atoms with Gasteiger partial charge in [0.2, 0.25) is 0 Å². The van der Waals surface area contributed by atoms with E-state index in [1.165, 1.54) is 5.56 Å². The molecule has 0 radical (unpaired) electrons. The van der Waals surface area contributed by atoms with E-state index in [1.54, 1.807) is 7.11 Å². The summed E-state index contributed by atoms with van der Waals surface area (Å²) < 4.78 is 10.8. The average molecular weight is 233 g/mol. The Morgan fingerprint density at radius 1 is 1.35 bits per heavy atom. The molecule has 92 valence electrons. The van der Waals surface area contributed by atoms with Gasteiger partial charge in [0, 0.05) is 13.0 Å². The summed E-state index contributed by atoms with van der Waals surface area (Å²) in [5.74, 6) is 4.03. The molecule has 0 unspecified atom stereocenters. The summed E-state index contributed by atoms with van der Waals surface area (Å²) in [5.41, 5.74) is 1.17. The van der Waals surface area contributed by atoms with Crippen molar-refractivity contribution in [3.05, 3.63) is 23.8 Å². The second-order valence-electron chi connectivity index (χ2n) is 3.57. The van der Waals surface area contributed by atoms with Crippen LogP contribution >= 0.6 is 0 Å². The number of terminal acetylenes is 1. The van der Waals surface area contributed by atoms with Crippen LogP contribution in [0.3, 0.4) is 0 Å². The lowest BCUT2D eigenvalue weighted by molar-refractivity contribution is 0.301. The van der Waals surface area contributed by atoms with E-state index in [9.17, 15) is 0 Å². The normalized spacial score (nSPS) is 9.71. The first-order valence-corrected chi connectivity index (χ1v) is 5.75. The summed E-state index contributed by atoms with van der Waals surface area (Å²) >= 11 is 0. The molecule has 1 aromatic rings. The molecule has 0 aliphatic heterocycles. The Kier molecular flexibility index (Phi) is 5.98. The maximum Gasteiger partial charge on any atom is 0.161 e. The van der Waals surface area contributed by atoms with Crippen molar-refractivity contribution in [2.24, 2.45) is 0 Å². The second-order valence-corrected chi connectivity index (χ2v) is 3.57. The van der Waals surface area contributed by atoms with Gasteiger partial charge >= 0.3 is 0 Å². The zero-order chi connectivity index (χ0) is 12.5. The Morgan fingerprint density at radius 3 is 2.82 bits per heavy atom. The molecular weight excluding hydrogens is 214 g/mol. The van der Waals surface area contributed by atoms with Gasteiger partial charge in [0.1, 0.15) is 0 Å². The summed E-state index contributed by atoms with van der Waals surface area (Å²) in [6.45, 7) is 4.36. The van der Waals surface area contributed by atoms with Crippen molar-refractivity contribution in [1.82, 2.24) is 5.32 Å². The third-order valence-electron chi connectivity index (χ3n) is 2.31. The molecule has 0 saturated carbocycles. The molecule has 1 aromatic carbocycles. The quantitative estimate of drug-likeness (QED) is 0.578. The number of methoxy groups -OCH3 is 1. The Hall–Kier alpha value is -1.66. The summed E-state index contributed by atoms with van der Waals surface area (Å²) in [4.78, 5) is 0. The Bertz CT molecular complexity index is 382. The topological polar surface area (TPSA) is 30.5 Å². The van der Waals surface area contributed by atoms with Crippen molar-refractivity contribution >= 4 is 0 Å². The molecule has 0 spiro atoms. The van der Waals surface area contributed by atoms with Gasteiger partial charge in [-0.05, 0) is 24.2 Å². The van der Waals surface area contributed by atoms with E-state index in [1.807, 2.05) is 18.2 Å². The molecule has 0 saturated heterocycles. The van der Waals surface area contributed by atoms with Gasteiger partial charge in [-0.15, -0.1) is 12.3 Å². The monoisotopic (exact) mass is 233 g/mol. The van der Waals surface area contributed by atoms with Crippen LogP contribution in [0.4, 0.5) is 0 Å². The van der Waals surface area contributed by atoms with Crippen molar-refractivity contribution in [2.45, 2.75) is 19.9 Å². The largest absolute Gasteiger partial charge is 0.493 e. The van der Waals surface area contributed by atoms with E-state index in [-0.39, 0.29) is 0 Å². The minimum absolute atomic E-state index is 0.511. The van der Waals surface area contributed by atoms with Gasteiger partial charge in [0.25, 0.3) is 0 Å². The van der Waals surface area contributed by atoms with E-state index < -0.39 is 0 Å². The van der Waals surface area contributed by atoms with Crippen LogP contribution in [0.1, 0.15) is 18.9 Å². The van der Waals surface area contributed by atoms with Gasteiger partial charge in [0.15, 0.2) is 11.5 Å². The highest BCUT2D eigenvalue weighted by molar-refractivity contribution is 5.42. The summed E-state index contributed by atoms with van der Waals surface area (Å²) in [6, 6.07) is 5.92. The second kappa shape index (κ2) is 7.59. The molecule has 3 heteroatoms. The predicted molar refractivity (Wildman–Crippen MR) is 69.3 cm³/mol.